The maximum absolute atomic E-state index is 13.3. The Morgan fingerprint density at radius 3 is 2.48 bits per heavy atom. The summed E-state index contributed by atoms with van der Waals surface area (Å²) in [5, 5.41) is 2.66. The van der Waals surface area contributed by atoms with E-state index in [9.17, 15) is 18.0 Å². The highest BCUT2D eigenvalue weighted by atomic mass is 32.2. The minimum absolute atomic E-state index is 0.197. The highest BCUT2D eigenvalue weighted by Gasteiger charge is 2.35. The number of nitrogens with zero attached hydrogens (tertiary/aromatic N) is 2. The third kappa shape index (κ3) is 3.48. The number of carbonyl (C=O) groups excluding carboxylic acids is 2. The molecule has 1 N–H and O–H groups in total. The second kappa shape index (κ2) is 7.18. The third-order valence-electron chi connectivity index (χ3n) is 5.64. The van der Waals surface area contributed by atoms with Gasteiger partial charge in [-0.15, -0.1) is 0 Å². The van der Waals surface area contributed by atoms with Gasteiger partial charge in [-0.2, -0.15) is 0 Å². The Bertz CT molecular complexity index is 1100. The van der Waals surface area contributed by atoms with Crippen molar-refractivity contribution in [1.82, 2.24) is 10.2 Å². The average Bonchev–Trinajstić information content (AvgIpc) is 3.15. The first-order valence-electron chi connectivity index (χ1n) is 9.49. The van der Waals surface area contributed by atoms with Crippen LogP contribution in [0.25, 0.3) is 0 Å². The molecule has 4 rings (SSSR count). The predicted octanol–water partition coefficient (Wildman–Crippen LogP) is 1.32. The van der Waals surface area contributed by atoms with Gasteiger partial charge in [-0.1, -0.05) is 24.3 Å². The summed E-state index contributed by atoms with van der Waals surface area (Å²) in [5.74, 6) is -0.425. The molecule has 29 heavy (non-hydrogen) atoms. The van der Waals surface area contributed by atoms with Gasteiger partial charge in [-0.3, -0.25) is 13.9 Å². The van der Waals surface area contributed by atoms with Gasteiger partial charge in [0.15, 0.2) is 0 Å². The molecule has 2 aliphatic heterocycles. The fourth-order valence-electron chi connectivity index (χ4n) is 4.15. The van der Waals surface area contributed by atoms with Gasteiger partial charge >= 0.3 is 0 Å². The number of amides is 2. The maximum Gasteiger partial charge on any atom is 0.254 e. The minimum atomic E-state index is -3.34. The summed E-state index contributed by atoms with van der Waals surface area (Å²) >= 11 is 0. The van der Waals surface area contributed by atoms with Crippen LogP contribution >= 0.6 is 0 Å². The number of sulfonamides is 1. The molecule has 2 aromatic rings. The number of carbonyl (C=O) groups is 2. The van der Waals surface area contributed by atoms with E-state index in [0.717, 1.165) is 16.7 Å². The minimum Gasteiger partial charge on any atom is -0.357 e. The predicted molar refractivity (Wildman–Crippen MR) is 110 cm³/mol. The van der Waals surface area contributed by atoms with Gasteiger partial charge in [0.1, 0.15) is 6.04 Å². The Labute approximate surface area is 170 Å². The number of likely N-dealkylation sites (N-methyl/N-ethyl adjacent to an activating group) is 1. The van der Waals surface area contributed by atoms with Crippen molar-refractivity contribution < 1.29 is 18.0 Å². The van der Waals surface area contributed by atoms with E-state index in [4.69, 9.17) is 0 Å². The first-order valence-corrected chi connectivity index (χ1v) is 11.3. The van der Waals surface area contributed by atoms with E-state index in [2.05, 4.69) is 5.32 Å². The molecule has 0 bridgehead atoms. The second-order valence-electron chi connectivity index (χ2n) is 7.46. The van der Waals surface area contributed by atoms with Gasteiger partial charge in [-0.25, -0.2) is 8.42 Å². The molecule has 0 aromatic heterocycles. The van der Waals surface area contributed by atoms with Crippen LogP contribution in [0, 0.1) is 0 Å². The van der Waals surface area contributed by atoms with Crippen LogP contribution in [-0.4, -0.2) is 51.0 Å². The van der Waals surface area contributed by atoms with Crippen molar-refractivity contribution in [3.63, 3.8) is 0 Å². The first-order chi connectivity index (χ1) is 13.8. The molecule has 0 aliphatic carbocycles. The number of hydrogen-bond acceptors (Lipinski definition) is 4. The highest BCUT2D eigenvalue weighted by Crippen LogP contribution is 2.32. The Morgan fingerprint density at radius 2 is 1.79 bits per heavy atom. The molecule has 152 valence electrons. The Kier molecular flexibility index (Phi) is 4.82. The van der Waals surface area contributed by atoms with E-state index in [1.165, 1.54) is 10.6 Å². The summed E-state index contributed by atoms with van der Waals surface area (Å²) in [6, 6.07) is 12.3. The van der Waals surface area contributed by atoms with Crippen molar-refractivity contribution in [3.05, 3.63) is 64.7 Å². The number of benzene rings is 2. The largest absolute Gasteiger partial charge is 0.357 e. The lowest BCUT2D eigenvalue weighted by molar-refractivity contribution is -0.125. The van der Waals surface area contributed by atoms with Crippen molar-refractivity contribution in [2.45, 2.75) is 25.4 Å². The zero-order chi connectivity index (χ0) is 20.8. The highest BCUT2D eigenvalue weighted by molar-refractivity contribution is 7.92. The number of fused-ring (bicyclic) bond motifs is 2. The summed E-state index contributed by atoms with van der Waals surface area (Å²) < 4.78 is 25.2. The van der Waals surface area contributed by atoms with Crippen LogP contribution in [0.3, 0.4) is 0 Å². The third-order valence-corrected chi connectivity index (χ3v) is 6.82. The van der Waals surface area contributed by atoms with E-state index in [-0.39, 0.29) is 11.8 Å². The van der Waals surface area contributed by atoms with Gasteiger partial charge in [0.25, 0.3) is 5.91 Å². The maximum atomic E-state index is 13.3. The van der Waals surface area contributed by atoms with E-state index in [0.29, 0.717) is 37.2 Å². The number of hydrogen-bond donors (Lipinski definition) is 1. The Hall–Kier alpha value is -2.87. The lowest BCUT2D eigenvalue weighted by Gasteiger charge is -2.36. The summed E-state index contributed by atoms with van der Waals surface area (Å²) in [6.45, 7) is 0.739. The van der Waals surface area contributed by atoms with Gasteiger partial charge in [0, 0.05) is 32.1 Å². The normalized spacial score (nSPS) is 18.2. The van der Waals surface area contributed by atoms with Crippen LogP contribution in [0.5, 0.6) is 0 Å². The van der Waals surface area contributed by atoms with Crippen LogP contribution in [0.15, 0.2) is 42.5 Å². The van der Waals surface area contributed by atoms with Crippen LogP contribution < -0.4 is 9.62 Å². The standard InChI is InChI=1S/C21H23N3O4S/c1-22-20(25)19-12-14-5-3-4-6-17(14)13-23(19)21(26)16-7-8-18-15(11-16)9-10-24(18)29(2,27)28/h3-8,11,19H,9-10,12-13H2,1-2H3,(H,22,25)/t19-/m0/s1. The summed E-state index contributed by atoms with van der Waals surface area (Å²) in [5.41, 5.74) is 4.02. The van der Waals surface area contributed by atoms with E-state index < -0.39 is 16.1 Å². The molecule has 2 aromatic carbocycles. The van der Waals surface area contributed by atoms with Crippen molar-refractivity contribution in [2.24, 2.45) is 0 Å². The summed E-state index contributed by atoms with van der Waals surface area (Å²) in [6.07, 6.45) is 2.21. The first kappa shape index (κ1) is 19.4. The molecular formula is C21H23N3O4S. The quantitative estimate of drug-likeness (QED) is 0.822. The SMILES string of the molecule is CNC(=O)[C@@H]1Cc2ccccc2CN1C(=O)c1ccc2c(c1)CCN2S(C)(=O)=O. The molecule has 8 heteroatoms. The molecule has 7 nitrogen and oxygen atoms in total. The van der Waals surface area contributed by atoms with E-state index >= 15 is 0 Å². The van der Waals surface area contributed by atoms with E-state index in [1.54, 1.807) is 30.1 Å². The fourth-order valence-corrected chi connectivity index (χ4v) is 5.11. The second-order valence-corrected chi connectivity index (χ2v) is 9.37. The molecular weight excluding hydrogens is 390 g/mol. The van der Waals surface area contributed by atoms with Crippen LogP contribution in [0.4, 0.5) is 5.69 Å². The zero-order valence-electron chi connectivity index (χ0n) is 16.4. The van der Waals surface area contributed by atoms with Crippen molar-refractivity contribution in [1.29, 1.82) is 0 Å². The molecule has 0 saturated heterocycles. The Balaban J connectivity index is 1.67. The lowest BCUT2D eigenvalue weighted by Crippen LogP contribution is -2.51. The van der Waals surface area contributed by atoms with E-state index in [1.807, 2.05) is 24.3 Å². The van der Waals surface area contributed by atoms with Crippen molar-refractivity contribution >= 4 is 27.5 Å². The van der Waals surface area contributed by atoms with Gasteiger partial charge < -0.3 is 10.2 Å². The summed E-state index contributed by atoms with van der Waals surface area (Å²) in [4.78, 5) is 27.4. The van der Waals surface area contributed by atoms with Crippen LogP contribution in [0.1, 0.15) is 27.0 Å². The molecule has 1 atom stereocenters. The van der Waals surface area contributed by atoms with Crippen molar-refractivity contribution in [3.8, 4) is 0 Å². The molecule has 0 spiro atoms. The molecule has 0 fully saturated rings. The molecule has 0 unspecified atom stereocenters. The van der Waals surface area contributed by atoms with Gasteiger partial charge in [0.05, 0.1) is 11.9 Å². The number of anilines is 1. The molecule has 2 aliphatic rings. The average molecular weight is 413 g/mol. The molecule has 0 saturated carbocycles. The summed E-state index contributed by atoms with van der Waals surface area (Å²) in [7, 11) is -1.77. The topological polar surface area (TPSA) is 86.8 Å². The number of nitrogens with one attached hydrogen (secondary N) is 1. The van der Waals surface area contributed by atoms with Crippen LogP contribution in [-0.2, 0) is 34.2 Å². The zero-order valence-corrected chi connectivity index (χ0v) is 17.2. The van der Waals surface area contributed by atoms with Gasteiger partial charge in [0.2, 0.25) is 15.9 Å². The monoisotopic (exact) mass is 413 g/mol. The smallest absolute Gasteiger partial charge is 0.254 e. The molecule has 0 radical (unpaired) electrons. The van der Waals surface area contributed by atoms with Crippen molar-refractivity contribution in [2.75, 3.05) is 24.2 Å². The lowest BCUT2D eigenvalue weighted by atomic mass is 9.92. The van der Waals surface area contributed by atoms with Crippen LogP contribution in [0.2, 0.25) is 0 Å². The number of rotatable bonds is 3. The Morgan fingerprint density at radius 1 is 1.07 bits per heavy atom. The molecule has 2 amide bonds. The van der Waals surface area contributed by atoms with Gasteiger partial charge in [-0.05, 0) is 41.3 Å². The molecule has 2 heterocycles. The fraction of sp³-hybridized carbons (Fsp3) is 0.333.